The highest BCUT2D eigenvalue weighted by Crippen LogP contribution is 2.29. The first-order valence-corrected chi connectivity index (χ1v) is 7.09. The van der Waals surface area contributed by atoms with Crippen molar-refractivity contribution < 1.29 is 19.0 Å². The summed E-state index contributed by atoms with van der Waals surface area (Å²) in [7, 11) is 0. The quantitative estimate of drug-likeness (QED) is 0.861. The summed E-state index contributed by atoms with van der Waals surface area (Å²) in [6.07, 6.45) is 0.908. The van der Waals surface area contributed by atoms with E-state index >= 15 is 0 Å². The van der Waals surface area contributed by atoms with Crippen LogP contribution >= 0.6 is 23.2 Å². The third-order valence-corrected chi connectivity index (χ3v) is 3.40. The van der Waals surface area contributed by atoms with E-state index in [1.54, 1.807) is 12.1 Å². The Morgan fingerprint density at radius 3 is 2.45 bits per heavy atom. The highest BCUT2D eigenvalue weighted by Gasteiger charge is 2.38. The molecule has 2 aromatic rings. The maximum Gasteiger partial charge on any atom is 0.228 e. The van der Waals surface area contributed by atoms with Gasteiger partial charge in [-0.25, -0.2) is 0 Å². The highest BCUT2D eigenvalue weighted by molar-refractivity contribution is 6.31. The normalized spacial score (nSPS) is 25.1. The molecule has 0 aromatic carbocycles. The molecule has 0 amide bonds. The van der Waals surface area contributed by atoms with Crippen LogP contribution in [0.3, 0.4) is 0 Å². The van der Waals surface area contributed by atoms with Gasteiger partial charge in [0.1, 0.15) is 5.54 Å². The van der Waals surface area contributed by atoms with Gasteiger partial charge in [-0.3, -0.25) is 0 Å². The molecular formula is C12H12Cl2N4O4. The van der Waals surface area contributed by atoms with Gasteiger partial charge in [0.05, 0.1) is 26.1 Å². The summed E-state index contributed by atoms with van der Waals surface area (Å²) in [6.45, 7) is 0.0321. The van der Waals surface area contributed by atoms with Crippen LogP contribution in [0.5, 0.6) is 0 Å². The summed E-state index contributed by atoms with van der Waals surface area (Å²) in [6, 6.07) is 3.48. The van der Waals surface area contributed by atoms with Crippen LogP contribution in [0, 0.1) is 0 Å². The molecule has 2 aromatic heterocycles. The van der Waals surface area contributed by atoms with Crippen LogP contribution in [-0.2, 0) is 9.47 Å². The smallest absolute Gasteiger partial charge is 0.228 e. The van der Waals surface area contributed by atoms with Crippen LogP contribution in [0.4, 0.5) is 5.95 Å². The molecule has 1 aliphatic heterocycles. The van der Waals surface area contributed by atoms with E-state index in [0.29, 0.717) is 5.76 Å². The molecule has 0 atom stereocenters. The van der Waals surface area contributed by atoms with Crippen LogP contribution in [0.2, 0.25) is 10.6 Å². The molecule has 22 heavy (non-hydrogen) atoms. The van der Waals surface area contributed by atoms with Gasteiger partial charge >= 0.3 is 0 Å². The summed E-state index contributed by atoms with van der Waals surface area (Å²) in [4.78, 5) is 11.4. The van der Waals surface area contributed by atoms with E-state index in [2.05, 4.69) is 20.3 Å². The summed E-state index contributed by atoms with van der Waals surface area (Å²) < 4.78 is 16.4. The van der Waals surface area contributed by atoms with Crippen LogP contribution in [0.1, 0.15) is 12.1 Å². The Balaban J connectivity index is 1.71. The first kappa shape index (κ1) is 15.4. The number of anilines is 1. The Morgan fingerprint density at radius 1 is 1.23 bits per heavy atom. The predicted molar refractivity (Wildman–Crippen MR) is 76.6 cm³/mol. The van der Waals surface area contributed by atoms with Crippen LogP contribution in [0.15, 0.2) is 22.8 Å². The largest absolute Gasteiger partial charge is 0.464 e. The molecule has 1 saturated heterocycles. The maximum absolute atomic E-state index is 9.68. The minimum atomic E-state index is -0.920. The number of nitrogens with one attached hydrogen (secondary N) is 1. The van der Waals surface area contributed by atoms with Crippen molar-refractivity contribution in [1.82, 2.24) is 15.0 Å². The number of rotatable bonds is 4. The van der Waals surface area contributed by atoms with Gasteiger partial charge in [0.25, 0.3) is 0 Å². The minimum absolute atomic E-state index is 0.0540. The molecule has 0 bridgehead atoms. The molecule has 0 radical (unpaired) electrons. The minimum Gasteiger partial charge on any atom is -0.464 e. The average molecular weight is 347 g/mol. The number of aliphatic hydroxyl groups excluding tert-OH is 1. The molecule has 0 aliphatic carbocycles. The van der Waals surface area contributed by atoms with Gasteiger partial charge in [-0.1, -0.05) is 0 Å². The molecule has 0 saturated carbocycles. The van der Waals surface area contributed by atoms with E-state index in [0.717, 1.165) is 0 Å². The summed E-state index contributed by atoms with van der Waals surface area (Å²) in [5.74, 6) is 0.681. The molecule has 0 unspecified atom stereocenters. The van der Waals surface area contributed by atoms with E-state index in [9.17, 15) is 5.11 Å². The molecule has 8 nitrogen and oxygen atoms in total. The van der Waals surface area contributed by atoms with Gasteiger partial charge in [-0.2, -0.15) is 15.0 Å². The van der Waals surface area contributed by atoms with Crippen molar-refractivity contribution >= 4 is 29.2 Å². The summed E-state index contributed by atoms with van der Waals surface area (Å²) in [5.41, 5.74) is -0.920. The van der Waals surface area contributed by atoms with Crippen LogP contribution in [0.25, 0.3) is 0 Å². The molecule has 0 spiro atoms. The van der Waals surface area contributed by atoms with Gasteiger partial charge in [-0.15, -0.1) is 0 Å². The number of halogens is 2. The second-order valence-corrected chi connectivity index (χ2v) is 5.41. The number of furan rings is 1. The highest BCUT2D eigenvalue weighted by atomic mass is 35.5. The van der Waals surface area contributed by atoms with Gasteiger partial charge in [-0.05, 0) is 35.3 Å². The lowest BCUT2D eigenvalue weighted by Gasteiger charge is -2.38. The van der Waals surface area contributed by atoms with Crippen LogP contribution < -0.4 is 5.32 Å². The molecule has 1 fully saturated rings. The van der Waals surface area contributed by atoms with Crippen LogP contribution in [-0.4, -0.2) is 45.4 Å². The molecule has 3 rings (SSSR count). The lowest BCUT2D eigenvalue weighted by atomic mass is 10.0. The zero-order valence-electron chi connectivity index (χ0n) is 11.2. The third-order valence-electron chi connectivity index (χ3n) is 3.06. The average Bonchev–Trinajstić information content (AvgIpc) is 3.01. The molecule has 118 valence electrons. The first-order valence-electron chi connectivity index (χ1n) is 6.33. The SMILES string of the molecule is OCC1(Nc2nc(Cl)nc(Cl)n2)COC(c2ccco2)OC1. The number of nitrogens with zero attached hydrogens (tertiary/aromatic N) is 3. The Hall–Kier alpha value is -1.45. The number of aliphatic hydroxyl groups is 1. The van der Waals surface area contributed by atoms with E-state index in [4.69, 9.17) is 37.1 Å². The third kappa shape index (κ3) is 3.31. The van der Waals surface area contributed by atoms with Gasteiger partial charge < -0.3 is 24.3 Å². The predicted octanol–water partition coefficient (Wildman–Crippen LogP) is 1.66. The summed E-state index contributed by atoms with van der Waals surface area (Å²) in [5, 5.41) is 12.5. The first-order chi connectivity index (χ1) is 10.6. The number of ether oxygens (including phenoxy) is 2. The lowest BCUT2D eigenvalue weighted by Crippen LogP contribution is -2.54. The van der Waals surface area contributed by atoms with Crippen molar-refractivity contribution in [2.45, 2.75) is 11.8 Å². The standard InChI is InChI=1S/C12H12Cl2N4O4/c13-9-15-10(14)17-11(16-9)18-12(4-19)5-21-8(22-6-12)7-2-1-3-20-7/h1-3,8,19H,4-6H2,(H,15,16,17,18). The zero-order chi connectivity index (χ0) is 15.6. The zero-order valence-corrected chi connectivity index (χ0v) is 12.7. The van der Waals surface area contributed by atoms with Crippen molar-refractivity contribution in [2.24, 2.45) is 0 Å². The monoisotopic (exact) mass is 346 g/mol. The molecular weight excluding hydrogens is 335 g/mol. The van der Waals surface area contributed by atoms with Crippen molar-refractivity contribution in [3.63, 3.8) is 0 Å². The van der Waals surface area contributed by atoms with Crippen molar-refractivity contribution in [3.8, 4) is 0 Å². The Bertz CT molecular complexity index is 612. The maximum atomic E-state index is 9.68. The Kier molecular flexibility index (Phi) is 4.46. The fourth-order valence-corrected chi connectivity index (χ4v) is 2.34. The molecule has 10 heteroatoms. The fraction of sp³-hybridized carbons (Fsp3) is 0.417. The number of hydrogen-bond acceptors (Lipinski definition) is 8. The molecule has 1 aliphatic rings. The van der Waals surface area contributed by atoms with E-state index < -0.39 is 11.8 Å². The Labute approximate surface area is 135 Å². The Morgan fingerprint density at radius 2 is 1.91 bits per heavy atom. The van der Waals surface area contributed by atoms with Crippen molar-refractivity contribution in [3.05, 3.63) is 34.7 Å². The molecule has 2 N–H and O–H groups in total. The fourth-order valence-electron chi connectivity index (χ4n) is 1.97. The van der Waals surface area contributed by atoms with Crippen molar-refractivity contribution in [2.75, 3.05) is 25.1 Å². The summed E-state index contributed by atoms with van der Waals surface area (Å²) >= 11 is 11.4. The second kappa shape index (κ2) is 6.35. The van der Waals surface area contributed by atoms with E-state index in [-0.39, 0.29) is 36.3 Å². The van der Waals surface area contributed by atoms with E-state index in [1.165, 1.54) is 6.26 Å². The topological polar surface area (TPSA) is 103 Å². The van der Waals surface area contributed by atoms with Gasteiger partial charge in [0.2, 0.25) is 22.8 Å². The molecule has 3 heterocycles. The van der Waals surface area contributed by atoms with E-state index in [1.807, 2.05) is 0 Å². The number of hydrogen-bond donors (Lipinski definition) is 2. The second-order valence-electron chi connectivity index (χ2n) is 4.73. The van der Waals surface area contributed by atoms with Gasteiger partial charge in [0, 0.05) is 0 Å². The number of aromatic nitrogens is 3. The van der Waals surface area contributed by atoms with Gasteiger partial charge in [0.15, 0.2) is 5.76 Å². The van der Waals surface area contributed by atoms with Crippen molar-refractivity contribution in [1.29, 1.82) is 0 Å². The lowest BCUT2D eigenvalue weighted by molar-refractivity contribution is -0.219.